The molecule has 2 unspecified atom stereocenters. The normalized spacial score (nSPS) is 24.6. The number of nitrogens with zero attached hydrogens (tertiary/aromatic N) is 1. The Hall–Kier alpha value is -1.00. The van der Waals surface area contributed by atoms with E-state index in [4.69, 9.17) is 0 Å². The SMILES string of the molecule is CCN1CCCCC(CNC)C1c1ccc(F)cc1F. The molecule has 1 fully saturated rings. The lowest BCUT2D eigenvalue weighted by molar-refractivity contribution is 0.158. The summed E-state index contributed by atoms with van der Waals surface area (Å²) in [5.74, 6) is -0.563. The summed E-state index contributed by atoms with van der Waals surface area (Å²) < 4.78 is 27.4. The third-order valence-corrected chi connectivity index (χ3v) is 4.26. The zero-order chi connectivity index (χ0) is 14.5. The number of hydrogen-bond acceptors (Lipinski definition) is 2. The van der Waals surface area contributed by atoms with E-state index in [-0.39, 0.29) is 6.04 Å². The van der Waals surface area contributed by atoms with Crippen molar-refractivity contribution < 1.29 is 8.78 Å². The van der Waals surface area contributed by atoms with E-state index in [0.29, 0.717) is 11.5 Å². The highest BCUT2D eigenvalue weighted by atomic mass is 19.1. The maximum atomic E-state index is 14.2. The highest BCUT2D eigenvalue weighted by Crippen LogP contribution is 2.36. The van der Waals surface area contributed by atoms with E-state index in [9.17, 15) is 8.78 Å². The second-order valence-electron chi connectivity index (χ2n) is 5.55. The van der Waals surface area contributed by atoms with Crippen LogP contribution in [0.25, 0.3) is 0 Å². The molecule has 1 heterocycles. The molecule has 0 saturated carbocycles. The molecule has 1 aromatic carbocycles. The van der Waals surface area contributed by atoms with E-state index < -0.39 is 11.6 Å². The maximum Gasteiger partial charge on any atom is 0.130 e. The molecule has 4 heteroatoms. The summed E-state index contributed by atoms with van der Waals surface area (Å²) in [7, 11) is 1.93. The molecule has 1 aliphatic rings. The van der Waals surface area contributed by atoms with Crippen molar-refractivity contribution in [1.29, 1.82) is 0 Å². The van der Waals surface area contributed by atoms with Gasteiger partial charge in [-0.25, -0.2) is 8.78 Å². The van der Waals surface area contributed by atoms with Crippen molar-refractivity contribution in [2.45, 2.75) is 32.2 Å². The number of nitrogens with one attached hydrogen (secondary N) is 1. The van der Waals surface area contributed by atoms with Crippen molar-refractivity contribution >= 4 is 0 Å². The standard InChI is InChI=1S/C16H24F2N2/c1-3-20-9-5-4-6-12(11-19-2)16(20)14-8-7-13(17)10-15(14)18/h7-8,10,12,16,19H,3-6,9,11H2,1-2H3. The highest BCUT2D eigenvalue weighted by Gasteiger charge is 2.31. The maximum absolute atomic E-state index is 14.2. The van der Waals surface area contributed by atoms with Gasteiger partial charge in [0.05, 0.1) is 0 Å². The minimum Gasteiger partial charge on any atom is -0.319 e. The summed E-state index contributed by atoms with van der Waals surface area (Å²) in [6.07, 6.45) is 3.40. The second-order valence-corrected chi connectivity index (χ2v) is 5.55. The smallest absolute Gasteiger partial charge is 0.130 e. The van der Waals surface area contributed by atoms with E-state index in [2.05, 4.69) is 17.1 Å². The third kappa shape index (κ3) is 3.36. The van der Waals surface area contributed by atoms with E-state index >= 15 is 0 Å². The molecular weight excluding hydrogens is 258 g/mol. The van der Waals surface area contributed by atoms with Gasteiger partial charge >= 0.3 is 0 Å². The fourth-order valence-corrected chi connectivity index (χ4v) is 3.34. The van der Waals surface area contributed by atoms with Crippen molar-refractivity contribution in [2.75, 3.05) is 26.7 Å². The van der Waals surface area contributed by atoms with Crippen LogP contribution in [0.1, 0.15) is 37.8 Å². The van der Waals surface area contributed by atoms with Crippen molar-refractivity contribution in [3.63, 3.8) is 0 Å². The van der Waals surface area contributed by atoms with Gasteiger partial charge in [0.1, 0.15) is 11.6 Å². The summed E-state index contributed by atoms with van der Waals surface area (Å²) in [4.78, 5) is 2.32. The van der Waals surface area contributed by atoms with Crippen LogP contribution in [0.5, 0.6) is 0 Å². The summed E-state index contributed by atoms with van der Waals surface area (Å²) in [5.41, 5.74) is 0.635. The Morgan fingerprint density at radius 3 is 2.75 bits per heavy atom. The first-order valence-corrected chi connectivity index (χ1v) is 7.51. The fourth-order valence-electron chi connectivity index (χ4n) is 3.34. The van der Waals surface area contributed by atoms with Gasteiger partial charge in [-0.1, -0.05) is 19.4 Å². The van der Waals surface area contributed by atoms with Crippen molar-refractivity contribution in [2.24, 2.45) is 5.92 Å². The molecule has 0 spiro atoms. The van der Waals surface area contributed by atoms with Crippen molar-refractivity contribution in [3.05, 3.63) is 35.4 Å². The van der Waals surface area contributed by atoms with Gasteiger partial charge in [0.2, 0.25) is 0 Å². The van der Waals surface area contributed by atoms with Crippen LogP contribution >= 0.6 is 0 Å². The number of rotatable bonds is 4. The van der Waals surface area contributed by atoms with Crippen LogP contribution in [-0.4, -0.2) is 31.6 Å². The molecule has 0 aliphatic carbocycles. The Labute approximate surface area is 120 Å². The zero-order valence-electron chi connectivity index (χ0n) is 12.3. The van der Waals surface area contributed by atoms with Gasteiger partial charge in [-0.15, -0.1) is 0 Å². The molecule has 20 heavy (non-hydrogen) atoms. The number of hydrogen-bond donors (Lipinski definition) is 1. The van der Waals surface area contributed by atoms with Gasteiger partial charge in [-0.05, 0) is 51.5 Å². The average Bonchev–Trinajstić information content (AvgIpc) is 2.62. The molecule has 2 atom stereocenters. The topological polar surface area (TPSA) is 15.3 Å². The molecule has 0 bridgehead atoms. The Balaban J connectivity index is 2.37. The first kappa shape index (κ1) is 15.4. The fraction of sp³-hybridized carbons (Fsp3) is 0.625. The Morgan fingerprint density at radius 1 is 1.30 bits per heavy atom. The predicted octanol–water partition coefficient (Wildman–Crippen LogP) is 3.35. The lowest BCUT2D eigenvalue weighted by atomic mass is 9.88. The van der Waals surface area contributed by atoms with Crippen LogP contribution in [-0.2, 0) is 0 Å². The first-order chi connectivity index (χ1) is 9.67. The van der Waals surface area contributed by atoms with Gasteiger partial charge in [-0.2, -0.15) is 0 Å². The molecular formula is C16H24F2N2. The van der Waals surface area contributed by atoms with Crippen molar-refractivity contribution in [1.82, 2.24) is 10.2 Å². The van der Waals surface area contributed by atoms with E-state index in [1.54, 1.807) is 6.07 Å². The second kappa shape index (κ2) is 7.14. The summed E-state index contributed by atoms with van der Waals surface area (Å²) in [6, 6.07) is 4.03. The van der Waals surface area contributed by atoms with E-state index in [1.807, 2.05) is 7.05 Å². The van der Waals surface area contributed by atoms with Crippen LogP contribution in [0.2, 0.25) is 0 Å². The lowest BCUT2D eigenvalue weighted by Crippen LogP contribution is -2.36. The average molecular weight is 282 g/mol. The van der Waals surface area contributed by atoms with Gasteiger partial charge in [-0.3, -0.25) is 4.90 Å². The van der Waals surface area contributed by atoms with Gasteiger partial charge < -0.3 is 5.32 Å². The number of benzene rings is 1. The highest BCUT2D eigenvalue weighted by molar-refractivity contribution is 5.23. The summed E-state index contributed by atoms with van der Waals surface area (Å²) >= 11 is 0. The molecule has 0 radical (unpaired) electrons. The molecule has 1 aromatic rings. The lowest BCUT2D eigenvalue weighted by Gasteiger charge is -2.35. The molecule has 112 valence electrons. The van der Waals surface area contributed by atoms with Crippen molar-refractivity contribution in [3.8, 4) is 0 Å². The monoisotopic (exact) mass is 282 g/mol. The van der Waals surface area contributed by atoms with Crippen LogP contribution < -0.4 is 5.32 Å². The molecule has 2 rings (SSSR count). The Morgan fingerprint density at radius 2 is 2.10 bits per heavy atom. The number of halogens is 2. The number of likely N-dealkylation sites (tertiary alicyclic amines) is 1. The summed E-state index contributed by atoms with van der Waals surface area (Å²) in [6.45, 7) is 4.84. The van der Waals surface area contributed by atoms with Crippen LogP contribution in [0.3, 0.4) is 0 Å². The largest absolute Gasteiger partial charge is 0.319 e. The van der Waals surface area contributed by atoms with E-state index in [1.165, 1.54) is 12.5 Å². The Kier molecular flexibility index (Phi) is 5.49. The van der Waals surface area contributed by atoms with Crippen LogP contribution in [0, 0.1) is 17.6 Å². The summed E-state index contributed by atoms with van der Waals surface area (Å²) in [5, 5.41) is 3.22. The van der Waals surface area contributed by atoms with Crippen LogP contribution in [0.15, 0.2) is 18.2 Å². The molecule has 1 aliphatic heterocycles. The molecule has 1 N–H and O–H groups in total. The molecule has 0 amide bonds. The minimum absolute atomic E-state index is 0.0375. The molecule has 0 aromatic heterocycles. The predicted molar refractivity (Wildman–Crippen MR) is 77.6 cm³/mol. The van der Waals surface area contributed by atoms with Gasteiger partial charge in [0, 0.05) is 17.7 Å². The first-order valence-electron chi connectivity index (χ1n) is 7.51. The van der Waals surface area contributed by atoms with Crippen LogP contribution in [0.4, 0.5) is 8.78 Å². The minimum atomic E-state index is -0.506. The van der Waals surface area contributed by atoms with E-state index in [0.717, 1.165) is 38.5 Å². The quantitative estimate of drug-likeness (QED) is 0.911. The Bertz CT molecular complexity index is 436. The van der Waals surface area contributed by atoms with Gasteiger partial charge in [0.15, 0.2) is 0 Å². The third-order valence-electron chi connectivity index (χ3n) is 4.26. The van der Waals surface area contributed by atoms with Gasteiger partial charge in [0.25, 0.3) is 0 Å². The zero-order valence-corrected chi connectivity index (χ0v) is 12.3. The molecule has 2 nitrogen and oxygen atoms in total. The molecule has 1 saturated heterocycles.